The van der Waals surface area contributed by atoms with Crippen molar-refractivity contribution < 1.29 is 9.26 Å². The van der Waals surface area contributed by atoms with Gasteiger partial charge in [-0.05, 0) is 16.8 Å². The second-order valence-electron chi connectivity index (χ2n) is 4.41. The van der Waals surface area contributed by atoms with E-state index in [2.05, 4.69) is 22.3 Å². The predicted molar refractivity (Wildman–Crippen MR) is 76.0 cm³/mol. The van der Waals surface area contributed by atoms with Crippen molar-refractivity contribution in [2.75, 3.05) is 13.2 Å². The maximum atomic E-state index is 5.35. The highest BCUT2D eigenvalue weighted by molar-refractivity contribution is 5.86. The molecule has 1 aromatic heterocycles. The Morgan fingerprint density at radius 3 is 2.80 bits per heavy atom. The van der Waals surface area contributed by atoms with E-state index < -0.39 is 0 Å². The summed E-state index contributed by atoms with van der Waals surface area (Å²) in [5.41, 5.74) is 6.28. The minimum atomic E-state index is 0.289. The van der Waals surface area contributed by atoms with Gasteiger partial charge in [0.15, 0.2) is 0 Å². The van der Waals surface area contributed by atoms with Gasteiger partial charge in [0.1, 0.15) is 6.61 Å². The van der Waals surface area contributed by atoms with Crippen LogP contribution in [0.15, 0.2) is 47.0 Å². The first-order valence-electron chi connectivity index (χ1n) is 6.46. The molecule has 0 amide bonds. The van der Waals surface area contributed by atoms with E-state index in [0.29, 0.717) is 24.9 Å². The highest BCUT2D eigenvalue weighted by Crippen LogP contribution is 2.22. The van der Waals surface area contributed by atoms with Gasteiger partial charge in [0.05, 0.1) is 6.61 Å². The SMILES string of the molecule is NCCOCc1nc(-c2ccc3ccccc3c2)no1. The number of hydrogen-bond acceptors (Lipinski definition) is 5. The first-order valence-corrected chi connectivity index (χ1v) is 6.46. The molecule has 3 rings (SSSR count). The fourth-order valence-corrected chi connectivity index (χ4v) is 2.00. The van der Waals surface area contributed by atoms with E-state index >= 15 is 0 Å². The van der Waals surface area contributed by atoms with Gasteiger partial charge in [0.2, 0.25) is 5.82 Å². The van der Waals surface area contributed by atoms with Gasteiger partial charge in [-0.2, -0.15) is 4.98 Å². The van der Waals surface area contributed by atoms with Crippen LogP contribution in [-0.4, -0.2) is 23.3 Å². The van der Waals surface area contributed by atoms with Gasteiger partial charge in [-0.1, -0.05) is 41.6 Å². The molecule has 0 radical (unpaired) electrons. The van der Waals surface area contributed by atoms with E-state index in [-0.39, 0.29) is 6.61 Å². The molecule has 0 spiro atoms. The number of fused-ring (bicyclic) bond motifs is 1. The van der Waals surface area contributed by atoms with Gasteiger partial charge in [-0.25, -0.2) is 0 Å². The number of hydrogen-bond donors (Lipinski definition) is 1. The van der Waals surface area contributed by atoms with Crippen LogP contribution in [0.4, 0.5) is 0 Å². The van der Waals surface area contributed by atoms with Crippen LogP contribution in [0, 0.1) is 0 Å². The minimum Gasteiger partial charge on any atom is -0.370 e. The number of rotatable bonds is 5. The number of ether oxygens (including phenoxy) is 1. The lowest BCUT2D eigenvalue weighted by molar-refractivity contribution is 0.104. The fraction of sp³-hybridized carbons (Fsp3) is 0.200. The Balaban J connectivity index is 1.83. The van der Waals surface area contributed by atoms with Crippen LogP contribution in [0.1, 0.15) is 5.89 Å². The summed E-state index contributed by atoms with van der Waals surface area (Å²) in [5, 5.41) is 6.31. The molecule has 2 aromatic carbocycles. The molecule has 0 fully saturated rings. The molecule has 5 heteroatoms. The Hall–Kier alpha value is -2.24. The molecular weight excluding hydrogens is 254 g/mol. The Labute approximate surface area is 116 Å². The zero-order chi connectivity index (χ0) is 13.8. The van der Waals surface area contributed by atoms with Crippen molar-refractivity contribution in [3.63, 3.8) is 0 Å². The van der Waals surface area contributed by atoms with Crippen molar-refractivity contribution in [1.29, 1.82) is 0 Å². The molecule has 1 heterocycles. The highest BCUT2D eigenvalue weighted by atomic mass is 16.5. The maximum Gasteiger partial charge on any atom is 0.252 e. The average molecular weight is 269 g/mol. The second-order valence-corrected chi connectivity index (χ2v) is 4.41. The molecule has 3 aromatic rings. The molecule has 102 valence electrons. The van der Waals surface area contributed by atoms with E-state index in [9.17, 15) is 0 Å². The largest absolute Gasteiger partial charge is 0.370 e. The predicted octanol–water partition coefficient (Wildman–Crippen LogP) is 2.37. The van der Waals surface area contributed by atoms with Gasteiger partial charge in [-0.15, -0.1) is 0 Å². The third-order valence-electron chi connectivity index (χ3n) is 2.96. The van der Waals surface area contributed by atoms with Crippen LogP contribution in [0.2, 0.25) is 0 Å². The van der Waals surface area contributed by atoms with E-state index in [0.717, 1.165) is 10.9 Å². The van der Waals surface area contributed by atoms with Crippen LogP contribution in [-0.2, 0) is 11.3 Å². The molecule has 0 bridgehead atoms. The Kier molecular flexibility index (Phi) is 3.71. The van der Waals surface area contributed by atoms with E-state index in [1.807, 2.05) is 30.3 Å². The zero-order valence-corrected chi connectivity index (χ0v) is 11.0. The van der Waals surface area contributed by atoms with Crippen LogP contribution >= 0.6 is 0 Å². The zero-order valence-electron chi connectivity index (χ0n) is 11.0. The summed E-state index contributed by atoms with van der Waals surface area (Å²) in [4.78, 5) is 4.32. The molecule has 0 saturated carbocycles. The molecule has 0 saturated heterocycles. The molecule has 5 nitrogen and oxygen atoms in total. The molecule has 0 unspecified atom stereocenters. The van der Waals surface area contributed by atoms with Gasteiger partial charge in [0.25, 0.3) is 5.89 Å². The lowest BCUT2D eigenvalue weighted by Gasteiger charge is -1.99. The van der Waals surface area contributed by atoms with Crippen molar-refractivity contribution in [2.45, 2.75) is 6.61 Å². The van der Waals surface area contributed by atoms with E-state index in [1.54, 1.807) is 0 Å². The highest BCUT2D eigenvalue weighted by Gasteiger charge is 2.09. The Morgan fingerprint density at radius 1 is 1.10 bits per heavy atom. The normalized spacial score (nSPS) is 11.1. The third kappa shape index (κ3) is 2.68. The topological polar surface area (TPSA) is 74.2 Å². The van der Waals surface area contributed by atoms with Crippen molar-refractivity contribution >= 4 is 10.8 Å². The second kappa shape index (κ2) is 5.81. The van der Waals surface area contributed by atoms with Gasteiger partial charge < -0.3 is 15.0 Å². The molecule has 2 N–H and O–H groups in total. The van der Waals surface area contributed by atoms with Crippen LogP contribution < -0.4 is 5.73 Å². The molecular formula is C15H15N3O2. The summed E-state index contributed by atoms with van der Waals surface area (Å²) in [6, 6.07) is 14.2. The van der Waals surface area contributed by atoms with Crippen LogP contribution in [0.5, 0.6) is 0 Å². The number of nitrogens with zero attached hydrogens (tertiary/aromatic N) is 2. The van der Waals surface area contributed by atoms with Crippen molar-refractivity contribution in [2.24, 2.45) is 5.73 Å². The first-order chi connectivity index (χ1) is 9.86. The van der Waals surface area contributed by atoms with Gasteiger partial charge >= 0.3 is 0 Å². The van der Waals surface area contributed by atoms with Crippen molar-refractivity contribution in [3.8, 4) is 11.4 Å². The van der Waals surface area contributed by atoms with Crippen LogP contribution in [0.25, 0.3) is 22.2 Å². The summed E-state index contributed by atoms with van der Waals surface area (Å²) in [6.45, 7) is 1.25. The minimum absolute atomic E-state index is 0.289. The van der Waals surface area contributed by atoms with Gasteiger partial charge in [0, 0.05) is 12.1 Å². The summed E-state index contributed by atoms with van der Waals surface area (Å²) in [5.74, 6) is 1.03. The number of nitrogens with two attached hydrogens (primary N) is 1. The molecule has 0 aliphatic heterocycles. The smallest absolute Gasteiger partial charge is 0.252 e. The number of aromatic nitrogens is 2. The standard InChI is InChI=1S/C15H15N3O2/c16-7-8-19-10-14-17-15(18-20-14)13-6-5-11-3-1-2-4-12(11)9-13/h1-6,9H,7-8,10,16H2. The summed E-state index contributed by atoms with van der Waals surface area (Å²) >= 11 is 0. The van der Waals surface area contributed by atoms with Gasteiger partial charge in [-0.3, -0.25) is 0 Å². The lowest BCUT2D eigenvalue weighted by atomic mass is 10.1. The summed E-state index contributed by atoms with van der Waals surface area (Å²) < 4.78 is 10.4. The summed E-state index contributed by atoms with van der Waals surface area (Å²) in [7, 11) is 0. The molecule has 0 atom stereocenters. The first kappa shape index (κ1) is 12.8. The van der Waals surface area contributed by atoms with Crippen molar-refractivity contribution in [1.82, 2.24) is 10.1 Å². The third-order valence-corrected chi connectivity index (χ3v) is 2.96. The van der Waals surface area contributed by atoms with Crippen molar-refractivity contribution in [3.05, 3.63) is 48.4 Å². The quantitative estimate of drug-likeness (QED) is 0.720. The van der Waals surface area contributed by atoms with Crippen LogP contribution in [0.3, 0.4) is 0 Å². The monoisotopic (exact) mass is 269 g/mol. The summed E-state index contributed by atoms with van der Waals surface area (Å²) in [6.07, 6.45) is 0. The molecule has 0 aliphatic carbocycles. The van der Waals surface area contributed by atoms with E-state index in [1.165, 1.54) is 5.39 Å². The molecule has 20 heavy (non-hydrogen) atoms. The Bertz CT molecular complexity index is 709. The average Bonchev–Trinajstić information content (AvgIpc) is 2.96. The Morgan fingerprint density at radius 2 is 1.95 bits per heavy atom. The molecule has 0 aliphatic rings. The lowest BCUT2D eigenvalue weighted by Crippen LogP contribution is -2.08. The fourth-order valence-electron chi connectivity index (χ4n) is 2.00. The maximum absolute atomic E-state index is 5.35. The number of benzene rings is 2. The van der Waals surface area contributed by atoms with E-state index in [4.69, 9.17) is 15.0 Å².